The largest absolute Gasteiger partial charge is 0.461 e. The fourth-order valence-electron chi connectivity index (χ4n) is 1.58. The highest BCUT2D eigenvalue weighted by Gasteiger charge is 2.04. The lowest BCUT2D eigenvalue weighted by Gasteiger charge is -2.03. The lowest BCUT2D eigenvalue weighted by molar-refractivity contribution is -0.115. The van der Waals surface area contributed by atoms with Crippen LogP contribution in [0.25, 0.3) is 11.3 Å². The van der Waals surface area contributed by atoms with Crippen molar-refractivity contribution in [3.63, 3.8) is 0 Å². The molecular formula is C14H12N2O2. The smallest absolute Gasteiger partial charge is 0.238 e. The fourth-order valence-corrected chi connectivity index (χ4v) is 1.58. The van der Waals surface area contributed by atoms with Gasteiger partial charge in [0.2, 0.25) is 5.91 Å². The number of carbonyl (C=O) groups excluding carboxylic acids is 1. The summed E-state index contributed by atoms with van der Waals surface area (Å²) >= 11 is 0. The molecule has 0 aliphatic heterocycles. The van der Waals surface area contributed by atoms with Gasteiger partial charge in [0.05, 0.1) is 6.07 Å². The molecule has 1 amide bonds. The molecule has 0 bridgehead atoms. The van der Waals surface area contributed by atoms with Crippen LogP contribution in [0.5, 0.6) is 0 Å². The van der Waals surface area contributed by atoms with E-state index in [1.807, 2.05) is 31.2 Å². The molecule has 1 aromatic heterocycles. The van der Waals surface area contributed by atoms with Crippen LogP contribution in [-0.4, -0.2) is 5.91 Å². The summed E-state index contributed by atoms with van der Waals surface area (Å²) in [7, 11) is 0. The van der Waals surface area contributed by atoms with Crippen molar-refractivity contribution in [2.24, 2.45) is 0 Å². The predicted molar refractivity (Wildman–Crippen MR) is 67.7 cm³/mol. The van der Waals surface area contributed by atoms with Gasteiger partial charge in [0, 0.05) is 11.3 Å². The number of hydrogen-bond donors (Lipinski definition) is 1. The number of rotatable bonds is 3. The second kappa shape index (κ2) is 5.19. The van der Waals surface area contributed by atoms with E-state index in [0.717, 1.165) is 17.1 Å². The summed E-state index contributed by atoms with van der Waals surface area (Å²) < 4.78 is 5.50. The highest BCUT2D eigenvalue weighted by molar-refractivity contribution is 5.92. The Morgan fingerprint density at radius 3 is 2.56 bits per heavy atom. The number of nitriles is 1. The average molecular weight is 240 g/mol. The van der Waals surface area contributed by atoms with E-state index in [9.17, 15) is 4.79 Å². The highest BCUT2D eigenvalue weighted by atomic mass is 16.3. The van der Waals surface area contributed by atoms with Gasteiger partial charge >= 0.3 is 0 Å². The van der Waals surface area contributed by atoms with Crippen LogP contribution in [0.15, 0.2) is 40.8 Å². The van der Waals surface area contributed by atoms with E-state index >= 15 is 0 Å². The number of carbonyl (C=O) groups is 1. The minimum atomic E-state index is -0.306. The van der Waals surface area contributed by atoms with Crippen molar-refractivity contribution in [3.05, 3.63) is 42.2 Å². The van der Waals surface area contributed by atoms with Crippen molar-refractivity contribution in [3.8, 4) is 17.4 Å². The van der Waals surface area contributed by atoms with Crippen molar-refractivity contribution < 1.29 is 9.21 Å². The van der Waals surface area contributed by atoms with E-state index in [-0.39, 0.29) is 12.3 Å². The number of amides is 1. The van der Waals surface area contributed by atoms with Crippen LogP contribution in [0.4, 0.5) is 5.69 Å². The second-order valence-electron chi connectivity index (χ2n) is 3.87. The number of aryl methyl sites for hydroxylation is 1. The summed E-state index contributed by atoms with van der Waals surface area (Å²) in [6.45, 7) is 1.89. The lowest BCUT2D eigenvalue weighted by Crippen LogP contribution is -2.09. The van der Waals surface area contributed by atoms with Crippen LogP contribution in [0.1, 0.15) is 12.2 Å². The molecule has 0 aliphatic carbocycles. The lowest BCUT2D eigenvalue weighted by atomic mass is 10.1. The van der Waals surface area contributed by atoms with E-state index in [4.69, 9.17) is 9.68 Å². The maximum atomic E-state index is 11.2. The predicted octanol–water partition coefficient (Wildman–Crippen LogP) is 3.11. The third-order valence-corrected chi connectivity index (χ3v) is 2.43. The van der Waals surface area contributed by atoms with Gasteiger partial charge in [-0.1, -0.05) is 0 Å². The summed E-state index contributed by atoms with van der Waals surface area (Å²) in [6, 6.07) is 12.9. The molecule has 0 spiro atoms. The number of furan rings is 1. The number of nitrogens with zero attached hydrogens (tertiary/aromatic N) is 1. The van der Waals surface area contributed by atoms with E-state index in [2.05, 4.69) is 5.32 Å². The first kappa shape index (κ1) is 11.9. The van der Waals surface area contributed by atoms with Gasteiger partial charge in [0.15, 0.2) is 0 Å². The van der Waals surface area contributed by atoms with Crippen LogP contribution >= 0.6 is 0 Å². The Labute approximate surface area is 105 Å². The molecule has 1 aromatic carbocycles. The van der Waals surface area contributed by atoms with Gasteiger partial charge in [0.25, 0.3) is 0 Å². The molecule has 18 heavy (non-hydrogen) atoms. The standard InChI is InChI=1S/C14H12N2O2/c1-10-2-7-13(18-10)11-3-5-12(6-4-11)16-14(17)8-9-15/h2-7H,8H2,1H3,(H,16,17). The van der Waals surface area contributed by atoms with Crippen molar-refractivity contribution >= 4 is 11.6 Å². The molecular weight excluding hydrogens is 228 g/mol. The second-order valence-corrected chi connectivity index (χ2v) is 3.87. The Balaban J connectivity index is 2.11. The van der Waals surface area contributed by atoms with Gasteiger partial charge in [-0.25, -0.2) is 0 Å². The zero-order chi connectivity index (χ0) is 13.0. The summed E-state index contributed by atoms with van der Waals surface area (Å²) in [5.74, 6) is 1.35. The molecule has 1 N–H and O–H groups in total. The number of hydrogen-bond acceptors (Lipinski definition) is 3. The summed E-state index contributed by atoms with van der Waals surface area (Å²) in [4.78, 5) is 11.2. The Kier molecular flexibility index (Phi) is 3.44. The zero-order valence-electron chi connectivity index (χ0n) is 9.93. The molecule has 1 heterocycles. The molecule has 90 valence electrons. The first-order valence-corrected chi connectivity index (χ1v) is 5.53. The molecule has 0 radical (unpaired) electrons. The third-order valence-electron chi connectivity index (χ3n) is 2.43. The van der Waals surface area contributed by atoms with Crippen molar-refractivity contribution in [1.29, 1.82) is 5.26 Å². The van der Waals surface area contributed by atoms with Crippen LogP contribution in [-0.2, 0) is 4.79 Å². The van der Waals surface area contributed by atoms with E-state index in [1.165, 1.54) is 0 Å². The van der Waals surface area contributed by atoms with Gasteiger partial charge in [-0.3, -0.25) is 4.79 Å². The summed E-state index contributed by atoms with van der Waals surface area (Å²) in [6.07, 6.45) is -0.140. The Morgan fingerprint density at radius 2 is 2.00 bits per heavy atom. The monoisotopic (exact) mass is 240 g/mol. The van der Waals surface area contributed by atoms with E-state index < -0.39 is 0 Å². The topological polar surface area (TPSA) is 66.0 Å². The SMILES string of the molecule is Cc1ccc(-c2ccc(NC(=O)CC#N)cc2)o1. The maximum Gasteiger partial charge on any atom is 0.238 e. The molecule has 0 saturated carbocycles. The van der Waals surface area contributed by atoms with Crippen LogP contribution in [0.2, 0.25) is 0 Å². The van der Waals surface area contributed by atoms with Crippen molar-refractivity contribution in [2.75, 3.05) is 5.32 Å². The molecule has 4 heteroatoms. The van der Waals surface area contributed by atoms with Crippen molar-refractivity contribution in [2.45, 2.75) is 13.3 Å². The molecule has 0 fully saturated rings. The molecule has 0 aliphatic rings. The van der Waals surface area contributed by atoms with Gasteiger partial charge in [0.1, 0.15) is 17.9 Å². The van der Waals surface area contributed by atoms with Crippen LogP contribution < -0.4 is 5.32 Å². The van der Waals surface area contributed by atoms with Crippen LogP contribution in [0.3, 0.4) is 0 Å². The molecule has 4 nitrogen and oxygen atoms in total. The highest BCUT2D eigenvalue weighted by Crippen LogP contribution is 2.23. The summed E-state index contributed by atoms with van der Waals surface area (Å²) in [5, 5.41) is 11.0. The molecule has 0 unspecified atom stereocenters. The Hall–Kier alpha value is -2.54. The number of benzene rings is 1. The molecule has 2 aromatic rings. The minimum absolute atomic E-state index is 0.140. The first-order valence-electron chi connectivity index (χ1n) is 5.53. The normalized spacial score (nSPS) is 9.78. The molecule has 0 atom stereocenters. The van der Waals surface area contributed by atoms with Crippen LogP contribution in [0, 0.1) is 18.3 Å². The van der Waals surface area contributed by atoms with E-state index in [1.54, 1.807) is 18.2 Å². The zero-order valence-corrected chi connectivity index (χ0v) is 9.93. The van der Waals surface area contributed by atoms with Gasteiger partial charge in [-0.05, 0) is 43.3 Å². The molecule has 0 saturated heterocycles. The Bertz CT molecular complexity index is 591. The molecule has 2 rings (SSSR count). The fraction of sp³-hybridized carbons (Fsp3) is 0.143. The Morgan fingerprint density at radius 1 is 1.28 bits per heavy atom. The van der Waals surface area contributed by atoms with Gasteiger partial charge in [-0.15, -0.1) is 0 Å². The van der Waals surface area contributed by atoms with Gasteiger partial charge < -0.3 is 9.73 Å². The van der Waals surface area contributed by atoms with Crippen molar-refractivity contribution in [1.82, 2.24) is 0 Å². The number of nitrogens with one attached hydrogen (secondary N) is 1. The third kappa shape index (κ3) is 2.77. The first-order chi connectivity index (χ1) is 8.69. The number of anilines is 1. The average Bonchev–Trinajstić information content (AvgIpc) is 2.77. The van der Waals surface area contributed by atoms with E-state index in [0.29, 0.717) is 5.69 Å². The maximum absolute atomic E-state index is 11.2. The van der Waals surface area contributed by atoms with Gasteiger partial charge in [-0.2, -0.15) is 5.26 Å². The minimum Gasteiger partial charge on any atom is -0.461 e. The summed E-state index contributed by atoms with van der Waals surface area (Å²) in [5.41, 5.74) is 1.61. The quantitative estimate of drug-likeness (QED) is 0.896.